The van der Waals surface area contributed by atoms with Gasteiger partial charge in [-0.15, -0.1) is 24.8 Å². The number of nitrogens with two attached hydrogens (primary N) is 1. The number of carbonyl (C=O) groups is 2. The van der Waals surface area contributed by atoms with Gasteiger partial charge in [-0.3, -0.25) is 9.59 Å². The number of piperazine rings is 1. The minimum Gasteiger partial charge on any atom is -0.353 e. The Kier molecular flexibility index (Phi) is 8.49. The number of pyridine rings is 1. The van der Waals surface area contributed by atoms with Gasteiger partial charge in [0.05, 0.1) is 18.4 Å². The van der Waals surface area contributed by atoms with E-state index in [0.29, 0.717) is 24.6 Å². The number of benzene rings is 1. The highest BCUT2D eigenvalue weighted by Gasteiger charge is 2.18. The molecule has 0 bridgehead atoms. The fourth-order valence-electron chi connectivity index (χ4n) is 2.63. The number of carbonyl (C=O) groups excluding carboxylic acids is 2. The Hall–Kier alpha value is -2.35. The topological polar surface area (TPSA) is 100 Å². The van der Waals surface area contributed by atoms with Crippen molar-refractivity contribution in [3.8, 4) is 0 Å². The van der Waals surface area contributed by atoms with Gasteiger partial charge in [0.1, 0.15) is 11.9 Å². The van der Waals surface area contributed by atoms with Crippen molar-refractivity contribution in [1.29, 1.82) is 0 Å². The standard InChI is InChI=1S/C18H21N5O2.2ClH/c1-12-2-4-13(5-3-12)17(19)18(25)22-14-6-7-15(21-10-14)23-9-8-20-16(24)11-23;;/h2-7,10,17H,8-9,11,19H2,1H3,(H,20,24)(H,22,25);2*1H. The average Bonchev–Trinajstić information content (AvgIpc) is 2.62. The van der Waals surface area contributed by atoms with Crippen molar-refractivity contribution in [2.75, 3.05) is 29.9 Å². The van der Waals surface area contributed by atoms with Crippen molar-refractivity contribution in [2.24, 2.45) is 5.73 Å². The van der Waals surface area contributed by atoms with Crippen molar-refractivity contribution in [2.45, 2.75) is 13.0 Å². The van der Waals surface area contributed by atoms with E-state index in [0.717, 1.165) is 11.1 Å². The summed E-state index contributed by atoms with van der Waals surface area (Å²) in [5.41, 5.74) is 8.45. The molecule has 1 saturated heterocycles. The van der Waals surface area contributed by atoms with Gasteiger partial charge in [-0.1, -0.05) is 29.8 Å². The summed E-state index contributed by atoms with van der Waals surface area (Å²) >= 11 is 0. The maximum Gasteiger partial charge on any atom is 0.245 e. The van der Waals surface area contributed by atoms with Gasteiger partial charge in [-0.05, 0) is 24.6 Å². The predicted molar refractivity (Wildman–Crippen MR) is 111 cm³/mol. The van der Waals surface area contributed by atoms with Crippen LogP contribution in [-0.2, 0) is 9.59 Å². The monoisotopic (exact) mass is 411 g/mol. The number of amides is 2. The fraction of sp³-hybridized carbons (Fsp3) is 0.278. The highest BCUT2D eigenvalue weighted by atomic mass is 35.5. The highest BCUT2D eigenvalue weighted by Crippen LogP contribution is 2.17. The molecule has 1 unspecified atom stereocenters. The van der Waals surface area contributed by atoms with Gasteiger partial charge < -0.3 is 21.3 Å². The lowest BCUT2D eigenvalue weighted by Gasteiger charge is -2.27. The molecule has 1 aromatic heterocycles. The first-order chi connectivity index (χ1) is 12.0. The largest absolute Gasteiger partial charge is 0.353 e. The molecule has 2 aromatic rings. The molecule has 1 aliphatic rings. The average molecular weight is 412 g/mol. The Morgan fingerprint density at radius 1 is 1.22 bits per heavy atom. The molecule has 146 valence electrons. The van der Waals surface area contributed by atoms with E-state index in [1.165, 1.54) is 0 Å². The fourth-order valence-corrected chi connectivity index (χ4v) is 2.63. The molecule has 0 aliphatic carbocycles. The van der Waals surface area contributed by atoms with E-state index in [-0.39, 0.29) is 43.2 Å². The quantitative estimate of drug-likeness (QED) is 0.711. The second-order valence-electron chi connectivity index (χ2n) is 6.05. The van der Waals surface area contributed by atoms with Gasteiger partial charge in [0.2, 0.25) is 11.8 Å². The Morgan fingerprint density at radius 2 is 1.93 bits per heavy atom. The maximum absolute atomic E-state index is 12.3. The van der Waals surface area contributed by atoms with Crippen LogP contribution in [0.4, 0.5) is 11.5 Å². The van der Waals surface area contributed by atoms with Gasteiger partial charge in [-0.25, -0.2) is 4.98 Å². The molecule has 0 saturated carbocycles. The number of hydrogen-bond acceptors (Lipinski definition) is 5. The zero-order chi connectivity index (χ0) is 17.8. The Labute approximate surface area is 170 Å². The van der Waals surface area contributed by atoms with E-state index >= 15 is 0 Å². The smallest absolute Gasteiger partial charge is 0.245 e. The highest BCUT2D eigenvalue weighted by molar-refractivity contribution is 5.95. The zero-order valence-corrected chi connectivity index (χ0v) is 16.5. The van der Waals surface area contributed by atoms with Crippen molar-refractivity contribution < 1.29 is 9.59 Å². The molecular weight excluding hydrogens is 389 g/mol. The van der Waals surface area contributed by atoms with Crippen molar-refractivity contribution in [3.05, 3.63) is 53.7 Å². The van der Waals surface area contributed by atoms with Crippen molar-refractivity contribution in [1.82, 2.24) is 10.3 Å². The lowest BCUT2D eigenvalue weighted by Crippen LogP contribution is -2.48. The number of aryl methyl sites for hydroxylation is 1. The molecule has 2 heterocycles. The van der Waals surface area contributed by atoms with Gasteiger partial charge in [0.25, 0.3) is 0 Å². The number of nitrogens with one attached hydrogen (secondary N) is 2. The first kappa shape index (κ1) is 22.7. The molecule has 1 aromatic carbocycles. The summed E-state index contributed by atoms with van der Waals surface area (Å²) in [5.74, 6) is 0.390. The van der Waals surface area contributed by atoms with Crippen LogP contribution in [0.3, 0.4) is 0 Å². The SMILES string of the molecule is Cc1ccc(C(N)C(=O)Nc2ccc(N3CCNC(=O)C3)nc2)cc1.Cl.Cl. The predicted octanol–water partition coefficient (Wildman–Crippen LogP) is 1.81. The molecule has 1 atom stereocenters. The summed E-state index contributed by atoms with van der Waals surface area (Å²) in [6.45, 7) is 3.58. The summed E-state index contributed by atoms with van der Waals surface area (Å²) in [6, 6.07) is 10.3. The molecule has 2 amide bonds. The Balaban J connectivity index is 0.00000182. The summed E-state index contributed by atoms with van der Waals surface area (Å²) in [7, 11) is 0. The van der Waals surface area contributed by atoms with Crippen LogP contribution in [0.15, 0.2) is 42.6 Å². The molecule has 3 rings (SSSR count). The molecular formula is C18H23Cl2N5O2. The van der Waals surface area contributed by atoms with E-state index < -0.39 is 6.04 Å². The summed E-state index contributed by atoms with van der Waals surface area (Å²) < 4.78 is 0. The van der Waals surface area contributed by atoms with E-state index in [1.807, 2.05) is 36.1 Å². The van der Waals surface area contributed by atoms with Crippen LogP contribution in [0.1, 0.15) is 17.2 Å². The summed E-state index contributed by atoms with van der Waals surface area (Å²) in [6.07, 6.45) is 1.57. The number of nitrogens with zero attached hydrogens (tertiary/aromatic N) is 2. The minimum atomic E-state index is -0.744. The first-order valence-corrected chi connectivity index (χ1v) is 8.13. The summed E-state index contributed by atoms with van der Waals surface area (Å²) in [4.78, 5) is 30.0. The van der Waals surface area contributed by atoms with Gasteiger partial charge in [-0.2, -0.15) is 0 Å². The second-order valence-corrected chi connectivity index (χ2v) is 6.05. The molecule has 1 aliphatic heterocycles. The van der Waals surface area contributed by atoms with Crippen LogP contribution < -0.4 is 21.3 Å². The molecule has 0 spiro atoms. The summed E-state index contributed by atoms with van der Waals surface area (Å²) in [5, 5.41) is 5.54. The second kappa shape index (κ2) is 10.1. The number of aromatic nitrogens is 1. The number of rotatable bonds is 4. The van der Waals surface area contributed by atoms with E-state index in [1.54, 1.807) is 18.3 Å². The minimum absolute atomic E-state index is 0. The molecule has 4 N–H and O–H groups in total. The Bertz CT molecular complexity index is 768. The van der Waals surface area contributed by atoms with Gasteiger partial charge in [0, 0.05) is 13.1 Å². The number of anilines is 2. The van der Waals surface area contributed by atoms with Crippen molar-refractivity contribution >= 4 is 48.1 Å². The van der Waals surface area contributed by atoms with Crippen LogP contribution in [0.5, 0.6) is 0 Å². The number of hydrogen-bond donors (Lipinski definition) is 3. The normalized spacial score (nSPS) is 14.3. The molecule has 27 heavy (non-hydrogen) atoms. The Morgan fingerprint density at radius 3 is 2.52 bits per heavy atom. The maximum atomic E-state index is 12.3. The van der Waals surface area contributed by atoms with Gasteiger partial charge in [0.15, 0.2) is 0 Å². The number of halogens is 2. The lowest BCUT2D eigenvalue weighted by molar-refractivity contribution is -0.120. The van der Waals surface area contributed by atoms with Crippen LogP contribution in [0.25, 0.3) is 0 Å². The van der Waals surface area contributed by atoms with Crippen LogP contribution >= 0.6 is 24.8 Å². The zero-order valence-electron chi connectivity index (χ0n) is 14.8. The van der Waals surface area contributed by atoms with E-state index in [2.05, 4.69) is 15.6 Å². The van der Waals surface area contributed by atoms with Crippen LogP contribution in [-0.4, -0.2) is 36.4 Å². The molecule has 1 fully saturated rings. The first-order valence-electron chi connectivity index (χ1n) is 8.13. The van der Waals surface area contributed by atoms with Crippen LogP contribution in [0.2, 0.25) is 0 Å². The molecule has 9 heteroatoms. The molecule has 0 radical (unpaired) electrons. The van der Waals surface area contributed by atoms with Gasteiger partial charge >= 0.3 is 0 Å². The van der Waals surface area contributed by atoms with Crippen LogP contribution in [0, 0.1) is 6.92 Å². The third-order valence-electron chi connectivity index (χ3n) is 4.10. The third-order valence-corrected chi connectivity index (χ3v) is 4.10. The van der Waals surface area contributed by atoms with E-state index in [9.17, 15) is 9.59 Å². The lowest BCUT2D eigenvalue weighted by atomic mass is 10.1. The van der Waals surface area contributed by atoms with E-state index in [4.69, 9.17) is 5.73 Å². The van der Waals surface area contributed by atoms with Crippen molar-refractivity contribution in [3.63, 3.8) is 0 Å². The molecule has 7 nitrogen and oxygen atoms in total. The third kappa shape index (κ3) is 5.82.